The van der Waals surface area contributed by atoms with Crippen LogP contribution < -0.4 is 15.4 Å². The minimum Gasteiger partial charge on any atom is -0.496 e. The quantitative estimate of drug-likeness (QED) is 0.317. The number of carbonyl (C=O) groups is 3. The lowest BCUT2D eigenvalue weighted by Crippen LogP contribution is -2.33. The Morgan fingerprint density at radius 2 is 1.88 bits per heavy atom. The summed E-state index contributed by atoms with van der Waals surface area (Å²) in [5.41, 5.74) is -0.0242. The number of nitrogens with one attached hydrogen (secondary N) is 2. The Morgan fingerprint density at radius 1 is 1.10 bits per heavy atom. The number of likely N-dealkylation sites (tertiary alicyclic amines) is 1. The van der Waals surface area contributed by atoms with E-state index in [4.69, 9.17) is 4.74 Å². The SMILES string of the molecule is COc1ccc(-c2ccc3nc(NC(C)=O)cn3n2)c(F)c1C(=O)NCc1cc(F)ccc1C(=O)N1CCC(F)(F)C1. The number of hydrogen-bond donors (Lipinski definition) is 2. The third kappa shape index (κ3) is 5.73. The molecule has 0 radical (unpaired) electrons. The zero-order valence-corrected chi connectivity index (χ0v) is 22.4. The number of nitrogens with zero attached hydrogens (tertiary/aromatic N) is 4. The maximum Gasteiger partial charge on any atom is 0.267 e. The van der Waals surface area contributed by atoms with E-state index in [0.29, 0.717) is 5.65 Å². The summed E-state index contributed by atoms with van der Waals surface area (Å²) in [7, 11) is 1.25. The highest BCUT2D eigenvalue weighted by molar-refractivity contribution is 5.99. The van der Waals surface area contributed by atoms with Gasteiger partial charge in [0.05, 0.1) is 25.5 Å². The summed E-state index contributed by atoms with van der Waals surface area (Å²) in [5.74, 6) is -6.54. The van der Waals surface area contributed by atoms with Crippen molar-refractivity contribution < 1.29 is 36.7 Å². The summed E-state index contributed by atoms with van der Waals surface area (Å²) in [6.07, 6.45) is 0.955. The van der Waals surface area contributed by atoms with Crippen molar-refractivity contribution in [3.8, 4) is 17.0 Å². The Labute approximate surface area is 236 Å². The van der Waals surface area contributed by atoms with Crippen LogP contribution >= 0.6 is 0 Å². The third-order valence-electron chi connectivity index (χ3n) is 6.64. The molecule has 3 amide bonds. The van der Waals surface area contributed by atoms with Gasteiger partial charge in [-0.25, -0.2) is 27.1 Å². The van der Waals surface area contributed by atoms with Gasteiger partial charge < -0.3 is 20.3 Å². The largest absolute Gasteiger partial charge is 0.496 e. The number of hydrogen-bond acceptors (Lipinski definition) is 6. The molecule has 14 heteroatoms. The fourth-order valence-corrected chi connectivity index (χ4v) is 4.66. The molecule has 5 rings (SSSR count). The average Bonchev–Trinajstić information content (AvgIpc) is 3.51. The standard InChI is InChI=1S/C28H24F4N6O4/c1-15(39)34-22-13-38-23(35-22)8-6-20(36-38)19-5-7-21(42-2)24(25(19)30)26(40)33-12-16-11-17(29)3-4-18(16)27(41)37-10-9-28(31,32)14-37/h3-8,11,13H,9-10,12,14H2,1-2H3,(H,33,40)(H,34,39). The van der Waals surface area contributed by atoms with Crippen molar-refractivity contribution in [3.63, 3.8) is 0 Å². The van der Waals surface area contributed by atoms with Gasteiger partial charge in [-0.3, -0.25) is 14.4 Å². The van der Waals surface area contributed by atoms with E-state index < -0.39 is 54.4 Å². The number of halogens is 4. The first kappa shape index (κ1) is 28.5. The maximum absolute atomic E-state index is 15.9. The number of imidazole rings is 1. The summed E-state index contributed by atoms with van der Waals surface area (Å²) in [6, 6.07) is 8.97. The molecule has 0 saturated carbocycles. The van der Waals surface area contributed by atoms with Gasteiger partial charge in [0.25, 0.3) is 17.7 Å². The van der Waals surface area contributed by atoms with E-state index in [9.17, 15) is 27.6 Å². The molecule has 3 heterocycles. The fraction of sp³-hybridized carbons (Fsp3) is 0.250. The second kappa shape index (κ2) is 11.1. The smallest absolute Gasteiger partial charge is 0.267 e. The van der Waals surface area contributed by atoms with Crippen molar-refractivity contribution in [2.75, 3.05) is 25.5 Å². The van der Waals surface area contributed by atoms with Gasteiger partial charge >= 0.3 is 0 Å². The van der Waals surface area contributed by atoms with Crippen LogP contribution in [0.5, 0.6) is 5.75 Å². The Hall–Kier alpha value is -5.01. The average molecular weight is 585 g/mol. The lowest BCUT2D eigenvalue weighted by Gasteiger charge is -2.19. The molecule has 1 aliphatic heterocycles. The number of benzene rings is 2. The summed E-state index contributed by atoms with van der Waals surface area (Å²) >= 11 is 0. The molecule has 4 aromatic rings. The van der Waals surface area contributed by atoms with E-state index in [2.05, 4.69) is 20.7 Å². The number of ether oxygens (including phenoxy) is 1. The van der Waals surface area contributed by atoms with Crippen molar-refractivity contribution in [1.29, 1.82) is 0 Å². The van der Waals surface area contributed by atoms with Crippen LogP contribution in [0.2, 0.25) is 0 Å². The second-order valence-corrected chi connectivity index (χ2v) is 9.65. The number of amides is 3. The van der Waals surface area contributed by atoms with Gasteiger partial charge in [0, 0.05) is 37.6 Å². The molecule has 1 fully saturated rings. The molecule has 2 aromatic carbocycles. The second-order valence-electron chi connectivity index (χ2n) is 9.65. The predicted octanol–water partition coefficient (Wildman–Crippen LogP) is 4.05. The Morgan fingerprint density at radius 3 is 2.57 bits per heavy atom. The van der Waals surface area contributed by atoms with Crippen molar-refractivity contribution >= 4 is 29.2 Å². The molecular weight excluding hydrogens is 560 g/mol. The van der Waals surface area contributed by atoms with Crippen LogP contribution in [-0.4, -0.2) is 63.3 Å². The highest BCUT2D eigenvalue weighted by atomic mass is 19.3. The van der Waals surface area contributed by atoms with E-state index in [0.717, 1.165) is 23.1 Å². The number of anilines is 1. The van der Waals surface area contributed by atoms with E-state index in [1.165, 1.54) is 42.9 Å². The number of fused-ring (bicyclic) bond motifs is 1. The van der Waals surface area contributed by atoms with Crippen LogP contribution in [0, 0.1) is 11.6 Å². The van der Waals surface area contributed by atoms with E-state index in [-0.39, 0.29) is 46.4 Å². The predicted molar refractivity (Wildman–Crippen MR) is 142 cm³/mol. The molecule has 42 heavy (non-hydrogen) atoms. The maximum atomic E-state index is 15.9. The zero-order valence-electron chi connectivity index (χ0n) is 22.4. The first-order chi connectivity index (χ1) is 20.0. The van der Waals surface area contributed by atoms with Crippen LogP contribution in [0.15, 0.2) is 48.7 Å². The molecule has 218 valence electrons. The van der Waals surface area contributed by atoms with E-state index in [1.54, 1.807) is 6.07 Å². The fourth-order valence-electron chi connectivity index (χ4n) is 4.66. The first-order valence-electron chi connectivity index (χ1n) is 12.7. The number of alkyl halides is 2. The zero-order chi connectivity index (χ0) is 30.2. The van der Waals surface area contributed by atoms with Crippen molar-refractivity contribution in [2.45, 2.75) is 25.8 Å². The Kier molecular flexibility index (Phi) is 7.54. The van der Waals surface area contributed by atoms with E-state index in [1.807, 2.05) is 0 Å². The van der Waals surface area contributed by atoms with Gasteiger partial charge in [0.1, 0.15) is 22.9 Å². The minimum absolute atomic E-state index is 0.0290. The summed E-state index contributed by atoms with van der Waals surface area (Å²) in [4.78, 5) is 42.7. The first-order valence-corrected chi connectivity index (χ1v) is 12.7. The lowest BCUT2D eigenvalue weighted by molar-refractivity contribution is -0.114. The molecule has 0 bridgehead atoms. The van der Waals surface area contributed by atoms with Crippen molar-refractivity contribution in [3.05, 3.63) is 77.0 Å². The van der Waals surface area contributed by atoms with Gasteiger partial charge in [-0.15, -0.1) is 0 Å². The lowest BCUT2D eigenvalue weighted by atomic mass is 10.0. The molecule has 2 aromatic heterocycles. The van der Waals surface area contributed by atoms with Gasteiger partial charge in [0.15, 0.2) is 11.5 Å². The Bertz CT molecular complexity index is 1720. The monoisotopic (exact) mass is 584 g/mol. The summed E-state index contributed by atoms with van der Waals surface area (Å²) in [6.45, 7) is -0.0148. The molecule has 0 spiro atoms. The van der Waals surface area contributed by atoms with Crippen LogP contribution in [0.4, 0.5) is 23.4 Å². The van der Waals surface area contributed by atoms with Crippen LogP contribution in [0.3, 0.4) is 0 Å². The van der Waals surface area contributed by atoms with Gasteiger partial charge in [-0.1, -0.05) is 0 Å². The number of methoxy groups -OCH3 is 1. The van der Waals surface area contributed by atoms with Gasteiger partial charge in [-0.2, -0.15) is 5.10 Å². The summed E-state index contributed by atoms with van der Waals surface area (Å²) < 4.78 is 63.8. The van der Waals surface area contributed by atoms with Crippen LogP contribution in [-0.2, 0) is 11.3 Å². The molecule has 1 aliphatic rings. The Balaban J connectivity index is 1.42. The number of rotatable bonds is 7. The highest BCUT2D eigenvalue weighted by Gasteiger charge is 2.40. The normalized spacial score (nSPS) is 14.2. The number of carbonyl (C=O) groups excluding carboxylic acids is 3. The molecule has 0 aliphatic carbocycles. The van der Waals surface area contributed by atoms with Gasteiger partial charge in [0.2, 0.25) is 5.91 Å². The van der Waals surface area contributed by atoms with Crippen LogP contribution in [0.1, 0.15) is 39.6 Å². The number of aromatic nitrogens is 3. The highest BCUT2D eigenvalue weighted by Crippen LogP contribution is 2.31. The molecule has 2 N–H and O–H groups in total. The summed E-state index contributed by atoms with van der Waals surface area (Å²) in [5, 5.41) is 9.33. The topological polar surface area (TPSA) is 118 Å². The van der Waals surface area contributed by atoms with Gasteiger partial charge in [-0.05, 0) is 48.0 Å². The van der Waals surface area contributed by atoms with Crippen molar-refractivity contribution in [1.82, 2.24) is 24.8 Å². The molecule has 1 saturated heterocycles. The van der Waals surface area contributed by atoms with Crippen molar-refractivity contribution in [2.24, 2.45) is 0 Å². The molecule has 10 nitrogen and oxygen atoms in total. The van der Waals surface area contributed by atoms with Crippen LogP contribution in [0.25, 0.3) is 16.9 Å². The molecular formula is C28H24F4N6O4. The van der Waals surface area contributed by atoms with E-state index >= 15 is 4.39 Å². The molecule has 0 atom stereocenters. The third-order valence-corrected chi connectivity index (χ3v) is 6.64. The minimum atomic E-state index is -3.02. The molecule has 0 unspecified atom stereocenters.